The van der Waals surface area contributed by atoms with E-state index in [0.717, 1.165) is 12.8 Å². The second-order valence-electron chi connectivity index (χ2n) is 4.99. The predicted octanol–water partition coefficient (Wildman–Crippen LogP) is 2.60. The van der Waals surface area contributed by atoms with Gasteiger partial charge in [-0.1, -0.05) is 13.8 Å². The minimum absolute atomic E-state index is 0.110. The van der Waals surface area contributed by atoms with Gasteiger partial charge in [-0.15, -0.1) is 11.3 Å². The monoisotopic (exact) mass is 283 g/mol. The van der Waals surface area contributed by atoms with E-state index < -0.39 is 12.0 Å². The highest BCUT2D eigenvalue weighted by atomic mass is 32.1. The number of rotatable bonds is 7. The number of aryl methyl sites for hydroxylation is 2. The summed E-state index contributed by atoms with van der Waals surface area (Å²) in [7, 11) is 0. The third-order valence-corrected chi connectivity index (χ3v) is 3.93. The molecule has 19 heavy (non-hydrogen) atoms. The molecule has 1 amide bonds. The number of carbonyl (C=O) groups is 2. The first-order valence-electron chi connectivity index (χ1n) is 6.47. The van der Waals surface area contributed by atoms with Crippen LogP contribution in [0, 0.1) is 12.8 Å². The number of amides is 1. The molecule has 0 aliphatic heterocycles. The molecule has 5 heteroatoms. The van der Waals surface area contributed by atoms with Crippen LogP contribution in [0.4, 0.5) is 0 Å². The second-order valence-corrected chi connectivity index (χ2v) is 6.37. The van der Waals surface area contributed by atoms with Crippen molar-refractivity contribution in [3.8, 4) is 0 Å². The van der Waals surface area contributed by atoms with Gasteiger partial charge in [-0.2, -0.15) is 0 Å². The summed E-state index contributed by atoms with van der Waals surface area (Å²) >= 11 is 1.74. The van der Waals surface area contributed by atoms with Crippen molar-refractivity contribution >= 4 is 23.2 Å². The molecule has 0 spiro atoms. The molecule has 0 saturated heterocycles. The number of nitrogens with one attached hydrogen (secondary N) is 1. The van der Waals surface area contributed by atoms with Crippen molar-refractivity contribution < 1.29 is 14.7 Å². The Morgan fingerprint density at radius 3 is 2.53 bits per heavy atom. The van der Waals surface area contributed by atoms with Crippen LogP contribution in [-0.4, -0.2) is 23.0 Å². The Morgan fingerprint density at radius 2 is 2.05 bits per heavy atom. The minimum atomic E-state index is -0.975. The zero-order chi connectivity index (χ0) is 14.4. The first kappa shape index (κ1) is 15.7. The van der Waals surface area contributed by atoms with E-state index in [0.29, 0.717) is 6.42 Å². The predicted molar refractivity (Wildman–Crippen MR) is 76.4 cm³/mol. The lowest BCUT2D eigenvalue weighted by Crippen LogP contribution is -2.44. The Morgan fingerprint density at radius 1 is 1.37 bits per heavy atom. The van der Waals surface area contributed by atoms with Gasteiger partial charge in [-0.05, 0) is 37.8 Å². The first-order valence-corrected chi connectivity index (χ1v) is 7.29. The van der Waals surface area contributed by atoms with E-state index in [1.54, 1.807) is 25.2 Å². The Balaban J connectivity index is 2.33. The number of aliphatic carboxylic acids is 1. The molecule has 106 valence electrons. The molecule has 2 N–H and O–H groups in total. The third kappa shape index (κ3) is 5.42. The van der Waals surface area contributed by atoms with E-state index in [1.165, 1.54) is 9.75 Å². The highest BCUT2D eigenvalue weighted by molar-refractivity contribution is 7.11. The number of hydrogen-bond acceptors (Lipinski definition) is 3. The van der Waals surface area contributed by atoms with Crippen LogP contribution in [-0.2, 0) is 16.0 Å². The molecule has 0 fully saturated rings. The largest absolute Gasteiger partial charge is 0.480 e. The van der Waals surface area contributed by atoms with Crippen LogP contribution in [0.25, 0.3) is 0 Å². The fraction of sp³-hybridized carbons (Fsp3) is 0.571. The Hall–Kier alpha value is -1.36. The lowest BCUT2D eigenvalue weighted by molar-refractivity contribution is -0.143. The molecule has 4 nitrogen and oxygen atoms in total. The molecule has 1 heterocycles. The lowest BCUT2D eigenvalue weighted by Gasteiger charge is -2.17. The van der Waals surface area contributed by atoms with Crippen molar-refractivity contribution in [1.29, 1.82) is 0 Å². The zero-order valence-electron chi connectivity index (χ0n) is 11.6. The maximum atomic E-state index is 11.7. The molecule has 0 radical (unpaired) electrons. The lowest BCUT2D eigenvalue weighted by atomic mass is 10.0. The number of hydrogen-bond donors (Lipinski definition) is 2. The molecule has 1 atom stereocenters. The fourth-order valence-electron chi connectivity index (χ4n) is 1.80. The van der Waals surface area contributed by atoms with Crippen LogP contribution in [0.1, 0.15) is 36.4 Å². The number of carboxylic acid groups (broad SMARTS) is 1. The van der Waals surface area contributed by atoms with Crippen LogP contribution < -0.4 is 5.32 Å². The van der Waals surface area contributed by atoms with Gasteiger partial charge in [0.1, 0.15) is 6.04 Å². The van der Waals surface area contributed by atoms with Crippen LogP contribution in [0.15, 0.2) is 12.1 Å². The summed E-state index contributed by atoms with van der Waals surface area (Å²) < 4.78 is 0. The topological polar surface area (TPSA) is 66.4 Å². The highest BCUT2D eigenvalue weighted by Gasteiger charge is 2.22. The average Bonchev–Trinajstić information content (AvgIpc) is 2.71. The van der Waals surface area contributed by atoms with Crippen LogP contribution in [0.2, 0.25) is 0 Å². The van der Waals surface area contributed by atoms with E-state index in [4.69, 9.17) is 5.11 Å². The van der Waals surface area contributed by atoms with E-state index in [-0.39, 0.29) is 11.8 Å². The summed E-state index contributed by atoms with van der Waals surface area (Å²) in [5.74, 6) is -1.27. The van der Waals surface area contributed by atoms with Gasteiger partial charge >= 0.3 is 5.97 Å². The summed E-state index contributed by atoms with van der Waals surface area (Å²) in [6.07, 6.45) is 1.98. The molecular weight excluding hydrogens is 262 g/mol. The standard InChI is InChI=1S/C14H21NO3S/c1-9(2)13(14(17)18)15-12(16)6-4-5-11-8-7-10(3)19-11/h7-9,13H,4-6H2,1-3H3,(H,15,16)(H,17,18)/t13-/m1/s1. The highest BCUT2D eigenvalue weighted by Crippen LogP contribution is 2.17. The molecule has 1 aromatic heterocycles. The van der Waals surface area contributed by atoms with Gasteiger partial charge in [0.15, 0.2) is 0 Å². The van der Waals surface area contributed by atoms with Gasteiger partial charge in [0.05, 0.1) is 0 Å². The molecule has 1 aromatic rings. The van der Waals surface area contributed by atoms with Crippen molar-refractivity contribution in [3.05, 3.63) is 21.9 Å². The van der Waals surface area contributed by atoms with Crippen molar-refractivity contribution in [1.82, 2.24) is 5.32 Å². The molecule has 1 rings (SSSR count). The van der Waals surface area contributed by atoms with E-state index >= 15 is 0 Å². The normalized spacial score (nSPS) is 12.4. The van der Waals surface area contributed by atoms with E-state index in [9.17, 15) is 9.59 Å². The maximum Gasteiger partial charge on any atom is 0.326 e. The summed E-state index contributed by atoms with van der Waals surface area (Å²) in [6, 6.07) is 3.35. The molecule has 0 aliphatic rings. The summed E-state index contributed by atoms with van der Waals surface area (Å²) in [5.41, 5.74) is 0. The van der Waals surface area contributed by atoms with Crippen molar-refractivity contribution in [2.75, 3.05) is 0 Å². The summed E-state index contributed by atoms with van der Waals surface area (Å²) in [6.45, 7) is 5.63. The molecule has 0 bridgehead atoms. The zero-order valence-corrected chi connectivity index (χ0v) is 12.4. The SMILES string of the molecule is Cc1ccc(CCCC(=O)N[C@@H](C(=O)O)C(C)C)s1. The molecular formula is C14H21NO3S. The van der Waals surface area contributed by atoms with E-state index in [2.05, 4.69) is 24.4 Å². The number of carboxylic acids is 1. The van der Waals surface area contributed by atoms with Gasteiger partial charge < -0.3 is 10.4 Å². The number of carbonyl (C=O) groups excluding carboxylic acids is 1. The average molecular weight is 283 g/mol. The Labute approximate surface area is 117 Å². The summed E-state index contributed by atoms with van der Waals surface area (Å²) in [5, 5.41) is 11.6. The quantitative estimate of drug-likeness (QED) is 0.808. The molecule has 0 aromatic carbocycles. The maximum absolute atomic E-state index is 11.7. The fourth-order valence-corrected chi connectivity index (χ4v) is 2.73. The first-order chi connectivity index (χ1) is 8.90. The second kappa shape index (κ2) is 7.28. The minimum Gasteiger partial charge on any atom is -0.480 e. The van der Waals surface area contributed by atoms with Crippen molar-refractivity contribution in [3.63, 3.8) is 0 Å². The van der Waals surface area contributed by atoms with Gasteiger partial charge in [0.25, 0.3) is 0 Å². The van der Waals surface area contributed by atoms with E-state index in [1.807, 2.05) is 0 Å². The Kier molecular flexibility index (Phi) is 6.02. The third-order valence-electron chi connectivity index (χ3n) is 2.87. The van der Waals surface area contributed by atoms with Gasteiger partial charge in [0, 0.05) is 16.2 Å². The Bertz CT molecular complexity index is 440. The van der Waals surface area contributed by atoms with Crippen LogP contribution in [0.3, 0.4) is 0 Å². The molecule has 0 aliphatic carbocycles. The smallest absolute Gasteiger partial charge is 0.326 e. The number of thiophene rings is 1. The van der Waals surface area contributed by atoms with Crippen molar-refractivity contribution in [2.45, 2.75) is 46.1 Å². The van der Waals surface area contributed by atoms with Crippen LogP contribution >= 0.6 is 11.3 Å². The van der Waals surface area contributed by atoms with Gasteiger partial charge in [0.2, 0.25) is 5.91 Å². The van der Waals surface area contributed by atoms with Gasteiger partial charge in [-0.3, -0.25) is 4.79 Å². The summed E-state index contributed by atoms with van der Waals surface area (Å²) in [4.78, 5) is 25.2. The molecule has 0 saturated carbocycles. The van der Waals surface area contributed by atoms with Crippen LogP contribution in [0.5, 0.6) is 0 Å². The van der Waals surface area contributed by atoms with Gasteiger partial charge in [-0.25, -0.2) is 4.79 Å². The molecule has 0 unspecified atom stereocenters. The van der Waals surface area contributed by atoms with Crippen molar-refractivity contribution in [2.24, 2.45) is 5.92 Å².